The third-order valence-corrected chi connectivity index (χ3v) is 18.0. The number of nitrogens with one attached hydrogen (secondary N) is 4. The molecular formula is C78H100Br2N8O8+2. The number of amides is 8. The lowest BCUT2D eigenvalue weighted by atomic mass is 9.90. The zero-order valence-electron chi connectivity index (χ0n) is 56.6. The molecule has 9 aromatic rings. The molecule has 0 atom stereocenters. The van der Waals surface area contributed by atoms with Crippen LogP contribution in [0, 0.1) is 0 Å². The van der Waals surface area contributed by atoms with Gasteiger partial charge in [-0.05, 0) is 107 Å². The summed E-state index contributed by atoms with van der Waals surface area (Å²) in [6, 6.07) is 56.1. The molecule has 0 saturated carbocycles. The highest BCUT2D eigenvalue weighted by Gasteiger charge is 2.41. The van der Waals surface area contributed by atoms with Crippen LogP contribution >= 0.6 is 31.9 Å². The number of benzene rings is 9. The van der Waals surface area contributed by atoms with Crippen LogP contribution in [0.3, 0.4) is 0 Å². The van der Waals surface area contributed by atoms with Crippen LogP contribution in [0.5, 0.6) is 0 Å². The van der Waals surface area contributed by atoms with Crippen molar-refractivity contribution in [3.8, 4) is 0 Å². The number of halogens is 2. The van der Waals surface area contributed by atoms with Gasteiger partial charge in [0.05, 0.1) is 0 Å². The smallest absolute Gasteiger partial charge is 0.322 e. The zero-order chi connectivity index (χ0) is 68.4. The molecule has 0 spiro atoms. The molecule has 0 aliphatic rings. The van der Waals surface area contributed by atoms with Crippen LogP contribution in [0.25, 0.3) is 43.1 Å². The van der Waals surface area contributed by atoms with E-state index >= 15 is 0 Å². The minimum atomic E-state index is -0.938. The standard InChI is InChI=1S/C56H83N5O6.C20H10Br2.C2H5N3O2/c1-5-9-13-23-45-64-60(51-31-19-17-20-32-51,65-46-24-14-10-6-2)53-39-35-49(36-40-53)29-27-43-57-55(62)59-56(63)58-44-28-30-50-37-41-54(42-38-50)61(52-33-21-18-22-34-52,66-47-25-15-11-7-3)67-48-26-16-12-8-4;21-15-10-8-12-4-2-6-14-18(12)19(15)13-5-1-3-11-7-9-16(22)20(14)17(11)13;3-1(6)5-2(4)7/h17-22,31-42H,5-16,23-30,43-48H2,1-4H3,(H-2,57,58,59,62,63);1-10H;(H5,3,4,5,6,7)/p+2. The Morgan fingerprint density at radius 2 is 0.688 bits per heavy atom. The summed E-state index contributed by atoms with van der Waals surface area (Å²) in [6.45, 7) is 12.1. The summed E-state index contributed by atoms with van der Waals surface area (Å²) in [5.74, 6) is 0. The lowest BCUT2D eigenvalue weighted by Crippen LogP contribution is -2.45. The first-order valence-electron chi connectivity index (χ1n) is 34.6. The van der Waals surface area contributed by atoms with Crippen molar-refractivity contribution >= 4 is 122 Å². The van der Waals surface area contributed by atoms with Gasteiger partial charge in [0.25, 0.3) is 0 Å². The molecule has 8 N–H and O–H groups in total. The third kappa shape index (κ3) is 22.3. The van der Waals surface area contributed by atoms with Crippen LogP contribution in [0.1, 0.15) is 154 Å². The molecule has 0 fully saturated rings. The summed E-state index contributed by atoms with van der Waals surface area (Å²) in [5.41, 5.74) is 14.9. The minimum absolute atomic E-state index is 0.101. The van der Waals surface area contributed by atoms with Gasteiger partial charge in [0.15, 0.2) is 0 Å². The third-order valence-electron chi connectivity index (χ3n) is 16.7. The monoisotopic (exact) mass is 1430 g/mol. The highest BCUT2D eigenvalue weighted by Crippen LogP contribution is 2.45. The number of unbranched alkanes of at least 4 members (excludes halogenated alkanes) is 12. The molecule has 96 heavy (non-hydrogen) atoms. The quantitative estimate of drug-likeness (QED) is 0.00731. The topological polar surface area (TPSA) is 205 Å². The fourth-order valence-corrected chi connectivity index (χ4v) is 12.9. The van der Waals surface area contributed by atoms with E-state index in [2.05, 4.69) is 220 Å². The lowest BCUT2D eigenvalue weighted by molar-refractivity contribution is -0.316. The Morgan fingerprint density at radius 3 is 1.00 bits per heavy atom. The summed E-state index contributed by atoms with van der Waals surface area (Å²) in [7, 11) is 0. The van der Waals surface area contributed by atoms with E-state index in [1.807, 2.05) is 36.4 Å². The number of rotatable bonds is 36. The summed E-state index contributed by atoms with van der Waals surface area (Å²) in [6.07, 6.45) is 20.8. The van der Waals surface area contributed by atoms with Crippen molar-refractivity contribution in [2.24, 2.45) is 11.5 Å². The number of hydrogen-bond donors (Lipinski definition) is 6. The first-order valence-corrected chi connectivity index (χ1v) is 36.2. The van der Waals surface area contributed by atoms with E-state index in [4.69, 9.17) is 19.4 Å². The fraction of sp³-hybridized carbons (Fsp3) is 0.385. The Balaban J connectivity index is 0.000000361. The maximum absolute atomic E-state index is 12.6. The molecule has 0 heterocycles. The second kappa shape index (κ2) is 40.9. The molecule has 9 aromatic carbocycles. The number of fused-ring (bicyclic) bond motifs is 2. The van der Waals surface area contributed by atoms with Gasteiger partial charge in [-0.1, -0.05) is 246 Å². The Labute approximate surface area is 584 Å². The average molecular weight is 1440 g/mol. The summed E-state index contributed by atoms with van der Waals surface area (Å²) in [4.78, 5) is 71.0. The van der Waals surface area contributed by atoms with Crippen molar-refractivity contribution < 1.29 is 38.5 Å². The van der Waals surface area contributed by atoms with E-state index in [1.165, 1.54) is 94.5 Å². The van der Waals surface area contributed by atoms with Gasteiger partial charge < -0.3 is 22.1 Å². The normalized spacial score (nSPS) is 11.5. The van der Waals surface area contributed by atoms with Gasteiger partial charge in [0.1, 0.15) is 26.4 Å². The molecule has 0 saturated heterocycles. The molecule has 0 unspecified atom stereocenters. The molecule has 0 aliphatic heterocycles. The largest absolute Gasteiger partial charge is 0.351 e. The first kappa shape index (κ1) is 75.9. The lowest BCUT2D eigenvalue weighted by Gasteiger charge is -2.31. The number of carbonyl (C=O) groups excluding carboxylic acids is 4. The van der Waals surface area contributed by atoms with E-state index in [9.17, 15) is 19.2 Å². The molecule has 18 heteroatoms. The molecule has 0 radical (unpaired) electrons. The number of urea groups is 4. The number of carbonyl (C=O) groups is 4. The Morgan fingerprint density at radius 1 is 0.354 bits per heavy atom. The molecule has 0 bridgehead atoms. The highest BCUT2D eigenvalue weighted by molar-refractivity contribution is 9.11. The summed E-state index contributed by atoms with van der Waals surface area (Å²) in [5, 5.41) is 20.1. The van der Waals surface area contributed by atoms with E-state index in [1.54, 1.807) is 5.32 Å². The number of quaternary nitrogens is 2. The second-order valence-corrected chi connectivity index (χ2v) is 25.7. The van der Waals surface area contributed by atoms with Crippen molar-refractivity contribution in [2.75, 3.05) is 39.5 Å². The van der Waals surface area contributed by atoms with E-state index in [-0.39, 0.29) is 9.62 Å². The van der Waals surface area contributed by atoms with E-state index in [0.717, 1.165) is 120 Å². The predicted molar refractivity (Wildman–Crippen MR) is 401 cm³/mol. The van der Waals surface area contributed by atoms with Gasteiger partial charge in [0.2, 0.25) is 22.7 Å². The van der Waals surface area contributed by atoms with Gasteiger partial charge in [-0.25, -0.2) is 19.2 Å². The molecule has 16 nitrogen and oxygen atoms in total. The fourth-order valence-electron chi connectivity index (χ4n) is 11.8. The van der Waals surface area contributed by atoms with Gasteiger partial charge in [-0.15, -0.1) is 0 Å². The number of nitrogens with two attached hydrogens (primary N) is 2. The number of para-hydroxylation sites is 2. The average Bonchev–Trinajstić information content (AvgIpc) is 0.725. The number of primary amides is 2. The Kier molecular flexibility index (Phi) is 32.3. The summed E-state index contributed by atoms with van der Waals surface area (Å²) < 4.78 is 2.32. The summed E-state index contributed by atoms with van der Waals surface area (Å²) >= 11 is 7.54. The molecule has 512 valence electrons. The van der Waals surface area contributed by atoms with Crippen LogP contribution in [0.4, 0.5) is 41.9 Å². The van der Waals surface area contributed by atoms with Crippen molar-refractivity contribution in [3.05, 3.63) is 190 Å². The van der Waals surface area contributed by atoms with E-state index in [0.29, 0.717) is 39.5 Å². The number of imide groups is 2. The molecular weight excluding hydrogens is 1340 g/mol. The van der Waals surface area contributed by atoms with Gasteiger partial charge in [-0.3, -0.25) is 10.6 Å². The second-order valence-electron chi connectivity index (χ2n) is 24.0. The van der Waals surface area contributed by atoms with Crippen molar-refractivity contribution in [2.45, 2.75) is 156 Å². The SMILES string of the molecule is Brc1ccc2cccc3c4c(Br)ccc5cccc(c1c23)c54.CCCCCCO[N+](OCCCCCC)(c1ccccc1)c1ccc(CCCNC(=O)NC(=O)NCCCc2ccc([N+](OCCCCCC)(OCCCCCC)c3ccccc3)cc2)cc1.NC(=O)NC(N)=O. The zero-order valence-corrected chi connectivity index (χ0v) is 59.8. The van der Waals surface area contributed by atoms with Crippen LogP contribution in [0.15, 0.2) is 179 Å². The van der Waals surface area contributed by atoms with Crippen molar-refractivity contribution in [1.29, 1.82) is 0 Å². The maximum Gasteiger partial charge on any atom is 0.322 e. The van der Waals surface area contributed by atoms with Crippen LogP contribution in [0.2, 0.25) is 0 Å². The van der Waals surface area contributed by atoms with Crippen LogP contribution in [-0.2, 0) is 32.2 Å². The van der Waals surface area contributed by atoms with Gasteiger partial charge >= 0.3 is 24.1 Å². The Hall–Kier alpha value is -7.52. The van der Waals surface area contributed by atoms with Crippen LogP contribution in [-0.4, -0.2) is 63.6 Å². The van der Waals surface area contributed by atoms with Crippen molar-refractivity contribution in [3.63, 3.8) is 0 Å². The number of aryl methyl sites for hydroxylation is 2. The van der Waals surface area contributed by atoms with E-state index < -0.39 is 24.1 Å². The van der Waals surface area contributed by atoms with Crippen LogP contribution < -0.4 is 42.4 Å². The molecule has 0 aliphatic carbocycles. The molecule has 9 rings (SSSR count). The maximum atomic E-state index is 12.6. The first-order chi connectivity index (χ1) is 46.8. The Bertz CT molecular complexity index is 3520. The number of hydrogen-bond acceptors (Lipinski definition) is 8. The highest BCUT2D eigenvalue weighted by atomic mass is 79.9. The van der Waals surface area contributed by atoms with Gasteiger partial charge in [-0.2, -0.15) is 19.4 Å². The van der Waals surface area contributed by atoms with Crippen molar-refractivity contribution in [1.82, 2.24) is 30.9 Å². The predicted octanol–water partition coefficient (Wildman–Crippen LogP) is 20.6. The number of nitrogens with zero attached hydrogens (tertiary/aromatic N) is 2. The van der Waals surface area contributed by atoms with Gasteiger partial charge in [0, 0.05) is 91.0 Å². The minimum Gasteiger partial charge on any atom is -0.351 e. The molecule has 0 aromatic heterocycles. The molecule has 8 amide bonds.